The third-order valence-electron chi connectivity index (χ3n) is 7.04. The molecule has 0 aliphatic rings. The van der Waals surface area contributed by atoms with Crippen molar-refractivity contribution in [3.05, 3.63) is 143 Å². The van der Waals surface area contributed by atoms with Crippen LogP contribution >= 0.6 is 0 Å². The highest BCUT2D eigenvalue weighted by Crippen LogP contribution is 2.30. The maximum absolute atomic E-state index is 14.9. The molecule has 0 saturated heterocycles. The van der Waals surface area contributed by atoms with E-state index in [-0.39, 0.29) is 36.6 Å². The van der Waals surface area contributed by atoms with Crippen molar-refractivity contribution in [3.63, 3.8) is 0 Å². The third kappa shape index (κ3) is 7.89. The number of halogens is 1. The zero-order valence-corrected chi connectivity index (χ0v) is 23.2. The van der Waals surface area contributed by atoms with Gasteiger partial charge in [-0.05, 0) is 28.7 Å². The van der Waals surface area contributed by atoms with Gasteiger partial charge < -0.3 is 10.2 Å². The van der Waals surface area contributed by atoms with E-state index in [9.17, 15) is 14.0 Å². The smallest absolute Gasteiger partial charge is 0.243 e. The fourth-order valence-corrected chi connectivity index (χ4v) is 4.88. The lowest BCUT2D eigenvalue weighted by Gasteiger charge is -2.33. The molecule has 0 fully saturated rings. The third-order valence-corrected chi connectivity index (χ3v) is 7.04. The van der Waals surface area contributed by atoms with Crippen LogP contribution in [0.5, 0.6) is 0 Å². The molecule has 4 rings (SSSR count). The van der Waals surface area contributed by atoms with Crippen molar-refractivity contribution in [3.8, 4) is 0 Å². The first-order valence-corrected chi connectivity index (χ1v) is 13.9. The van der Waals surface area contributed by atoms with Crippen molar-refractivity contribution < 1.29 is 14.0 Å². The van der Waals surface area contributed by atoms with E-state index >= 15 is 0 Å². The molecule has 0 aromatic heterocycles. The number of benzene rings is 4. The van der Waals surface area contributed by atoms with Crippen LogP contribution in [-0.2, 0) is 22.6 Å². The summed E-state index contributed by atoms with van der Waals surface area (Å²) in [6, 6.07) is 35.1. The molecule has 4 aromatic carbocycles. The maximum atomic E-state index is 14.9. The summed E-state index contributed by atoms with van der Waals surface area (Å²) < 4.78 is 14.9. The van der Waals surface area contributed by atoms with Gasteiger partial charge in [-0.15, -0.1) is 0 Å². The van der Waals surface area contributed by atoms with E-state index in [1.54, 1.807) is 23.1 Å². The lowest BCUT2D eigenvalue weighted by atomic mass is 9.87. The van der Waals surface area contributed by atoms with Gasteiger partial charge in [0.15, 0.2) is 0 Å². The van der Waals surface area contributed by atoms with E-state index < -0.39 is 11.9 Å². The number of hydrogen-bond acceptors (Lipinski definition) is 2. The molecule has 5 heteroatoms. The molecule has 4 aromatic rings. The monoisotopic (exact) mass is 536 g/mol. The number of nitrogens with one attached hydrogen (secondary N) is 1. The quantitative estimate of drug-likeness (QED) is 0.218. The van der Waals surface area contributed by atoms with Crippen molar-refractivity contribution in [1.82, 2.24) is 10.2 Å². The molecule has 1 unspecified atom stereocenters. The number of amides is 2. The summed E-state index contributed by atoms with van der Waals surface area (Å²) in [5.41, 5.74) is 3.33. The Balaban J connectivity index is 1.73. The lowest BCUT2D eigenvalue weighted by Crippen LogP contribution is -2.51. The molecule has 0 heterocycles. The van der Waals surface area contributed by atoms with Gasteiger partial charge in [-0.3, -0.25) is 9.59 Å². The van der Waals surface area contributed by atoms with Crippen molar-refractivity contribution in [2.45, 2.75) is 45.2 Å². The van der Waals surface area contributed by atoms with E-state index in [2.05, 4.69) is 5.32 Å². The normalized spacial score (nSPS) is 11.8. The molecule has 0 saturated carbocycles. The van der Waals surface area contributed by atoms with Crippen LogP contribution in [0.25, 0.3) is 0 Å². The van der Waals surface area contributed by atoms with Gasteiger partial charge in [-0.2, -0.15) is 0 Å². The van der Waals surface area contributed by atoms with Gasteiger partial charge in [0.2, 0.25) is 11.8 Å². The summed E-state index contributed by atoms with van der Waals surface area (Å²) in [5.74, 6) is -0.810. The van der Waals surface area contributed by atoms with Crippen LogP contribution in [0.3, 0.4) is 0 Å². The van der Waals surface area contributed by atoms with Crippen LogP contribution < -0.4 is 5.32 Å². The fourth-order valence-electron chi connectivity index (χ4n) is 4.88. The average molecular weight is 537 g/mol. The van der Waals surface area contributed by atoms with E-state index in [1.807, 2.05) is 105 Å². The Morgan fingerprint density at radius 3 is 1.82 bits per heavy atom. The second kappa shape index (κ2) is 14.2. The molecule has 0 radical (unpaired) electrons. The molecular formula is C35H37FN2O2. The van der Waals surface area contributed by atoms with Gasteiger partial charge in [-0.25, -0.2) is 4.39 Å². The predicted octanol–water partition coefficient (Wildman–Crippen LogP) is 6.76. The highest BCUT2D eigenvalue weighted by Gasteiger charge is 2.32. The summed E-state index contributed by atoms with van der Waals surface area (Å²) in [6.07, 6.45) is 0.470. The van der Waals surface area contributed by atoms with Crippen LogP contribution in [-0.4, -0.2) is 29.3 Å². The first kappa shape index (κ1) is 28.8. The van der Waals surface area contributed by atoms with Gasteiger partial charge in [0, 0.05) is 37.4 Å². The average Bonchev–Trinajstić information content (AvgIpc) is 2.98. The first-order chi connectivity index (χ1) is 19.4. The minimum Gasteiger partial charge on any atom is -0.354 e. The molecule has 206 valence electrons. The largest absolute Gasteiger partial charge is 0.354 e. The number of nitrogens with zero attached hydrogens (tertiary/aromatic N) is 1. The standard InChI is InChI=1S/C35H37FN2O2/c1-26(2)24-37-35(40)33(22-27-14-6-3-7-15-27)38(25-30-20-12-13-21-32(30)36)34(39)23-31(28-16-8-4-9-17-28)29-18-10-5-11-19-29/h3-21,26,31,33H,22-25H2,1-2H3,(H,37,40). The Morgan fingerprint density at radius 2 is 1.27 bits per heavy atom. The molecule has 1 atom stereocenters. The van der Waals surface area contributed by atoms with Gasteiger partial charge in [0.25, 0.3) is 0 Å². The van der Waals surface area contributed by atoms with Crippen molar-refractivity contribution in [1.29, 1.82) is 0 Å². The summed E-state index contributed by atoms with van der Waals surface area (Å²) in [5, 5.41) is 3.03. The number of carbonyl (C=O) groups excluding carboxylic acids is 2. The predicted molar refractivity (Wildman–Crippen MR) is 158 cm³/mol. The first-order valence-electron chi connectivity index (χ1n) is 13.9. The Morgan fingerprint density at radius 1 is 0.750 bits per heavy atom. The van der Waals surface area contributed by atoms with Gasteiger partial charge in [0.1, 0.15) is 11.9 Å². The van der Waals surface area contributed by atoms with Gasteiger partial charge in [-0.1, -0.05) is 123 Å². The molecule has 4 nitrogen and oxygen atoms in total. The Labute approximate surface area is 236 Å². The Bertz CT molecular complexity index is 1320. The molecule has 40 heavy (non-hydrogen) atoms. The van der Waals surface area contributed by atoms with Crippen LogP contribution in [0.15, 0.2) is 115 Å². The van der Waals surface area contributed by atoms with Crippen LogP contribution in [0, 0.1) is 11.7 Å². The molecular weight excluding hydrogens is 499 g/mol. The van der Waals surface area contributed by atoms with E-state index in [1.165, 1.54) is 6.07 Å². The molecule has 0 spiro atoms. The van der Waals surface area contributed by atoms with Crippen molar-refractivity contribution >= 4 is 11.8 Å². The van der Waals surface area contributed by atoms with Crippen LogP contribution in [0.2, 0.25) is 0 Å². The van der Waals surface area contributed by atoms with Crippen LogP contribution in [0.1, 0.15) is 48.4 Å². The van der Waals surface area contributed by atoms with Gasteiger partial charge >= 0.3 is 0 Å². The number of carbonyl (C=O) groups is 2. The second-order valence-corrected chi connectivity index (χ2v) is 10.5. The molecule has 2 amide bonds. The summed E-state index contributed by atoms with van der Waals surface area (Å²) in [7, 11) is 0. The Hall–Kier alpha value is -4.25. The summed E-state index contributed by atoms with van der Waals surface area (Å²) >= 11 is 0. The molecule has 0 aliphatic carbocycles. The Kier molecular flexibility index (Phi) is 10.2. The van der Waals surface area contributed by atoms with E-state index in [0.29, 0.717) is 18.5 Å². The molecule has 0 bridgehead atoms. The van der Waals surface area contributed by atoms with Crippen molar-refractivity contribution in [2.75, 3.05) is 6.54 Å². The van der Waals surface area contributed by atoms with E-state index in [4.69, 9.17) is 0 Å². The molecule has 0 aliphatic heterocycles. The number of rotatable bonds is 12. The van der Waals surface area contributed by atoms with Gasteiger partial charge in [0.05, 0.1) is 0 Å². The maximum Gasteiger partial charge on any atom is 0.243 e. The zero-order valence-electron chi connectivity index (χ0n) is 23.2. The zero-order chi connectivity index (χ0) is 28.3. The summed E-state index contributed by atoms with van der Waals surface area (Å²) in [4.78, 5) is 29.6. The summed E-state index contributed by atoms with van der Waals surface area (Å²) in [6.45, 7) is 4.54. The van der Waals surface area contributed by atoms with Crippen LogP contribution in [0.4, 0.5) is 4.39 Å². The SMILES string of the molecule is CC(C)CNC(=O)C(Cc1ccccc1)N(Cc1ccccc1F)C(=O)CC(c1ccccc1)c1ccccc1. The highest BCUT2D eigenvalue weighted by atomic mass is 19.1. The molecule has 1 N–H and O–H groups in total. The van der Waals surface area contributed by atoms with E-state index in [0.717, 1.165) is 16.7 Å². The topological polar surface area (TPSA) is 49.4 Å². The minimum absolute atomic E-state index is 0.00555. The second-order valence-electron chi connectivity index (χ2n) is 10.5. The lowest BCUT2D eigenvalue weighted by molar-refractivity contribution is -0.141. The highest BCUT2D eigenvalue weighted by molar-refractivity contribution is 5.88. The minimum atomic E-state index is -0.805. The van der Waals surface area contributed by atoms with Crippen molar-refractivity contribution in [2.24, 2.45) is 5.92 Å². The fraction of sp³-hybridized carbons (Fsp3) is 0.257. The number of hydrogen-bond donors (Lipinski definition) is 1.